The van der Waals surface area contributed by atoms with E-state index in [1.165, 1.54) is 0 Å². The van der Waals surface area contributed by atoms with E-state index in [1.807, 2.05) is 43.3 Å². The monoisotopic (exact) mass is 669 g/mol. The van der Waals surface area contributed by atoms with Crippen molar-refractivity contribution < 1.29 is 33.1 Å². The molecule has 1 saturated heterocycles. The average Bonchev–Trinajstić information content (AvgIpc) is 3.49. The Balaban J connectivity index is 1.29. The summed E-state index contributed by atoms with van der Waals surface area (Å²) in [5, 5.41) is 10.3. The third-order valence-corrected chi connectivity index (χ3v) is 12.9. The molecule has 9 nitrogen and oxygen atoms in total. The number of carbonyl (C=O) groups is 3. The molecule has 4 aliphatic heterocycles. The van der Waals surface area contributed by atoms with Crippen LogP contribution in [0, 0.1) is 5.92 Å². The number of carbonyl (C=O) groups excluding carboxylic acids is 3. The molecule has 48 heavy (non-hydrogen) atoms. The number of benzene rings is 3. The smallest absolute Gasteiger partial charge is 0.269 e. The molecule has 3 aromatic rings. The zero-order valence-corrected chi connectivity index (χ0v) is 28.4. The van der Waals surface area contributed by atoms with Crippen LogP contribution in [-0.2, 0) is 37.7 Å². The summed E-state index contributed by atoms with van der Waals surface area (Å²) in [7, 11) is -3.56. The Kier molecular flexibility index (Phi) is 8.04. The zero-order valence-electron chi connectivity index (χ0n) is 27.4. The van der Waals surface area contributed by atoms with E-state index in [-0.39, 0.29) is 43.9 Å². The Labute approximate surface area is 280 Å². The number of aliphatic hydroxyl groups excluding tert-OH is 1. The van der Waals surface area contributed by atoms with Crippen LogP contribution >= 0.6 is 0 Å². The summed E-state index contributed by atoms with van der Waals surface area (Å²) in [5.41, 5.74) is 2.07. The number of para-hydroxylation sites is 2. The van der Waals surface area contributed by atoms with Crippen molar-refractivity contribution in [1.82, 2.24) is 4.90 Å². The lowest BCUT2D eigenvalue weighted by Crippen LogP contribution is -2.48. The topological polar surface area (TPSA) is 99.6 Å². The maximum Gasteiger partial charge on any atom is 0.269 e. The number of ether oxygens (including phenoxy) is 2. The van der Waals surface area contributed by atoms with Crippen LogP contribution in [0.1, 0.15) is 30.0 Å². The van der Waals surface area contributed by atoms with Crippen LogP contribution in [0.3, 0.4) is 0 Å². The van der Waals surface area contributed by atoms with Crippen molar-refractivity contribution in [3.05, 3.63) is 96.1 Å². The van der Waals surface area contributed by atoms with Gasteiger partial charge in [0.05, 0.1) is 36.5 Å². The number of rotatable bonds is 7. The summed E-state index contributed by atoms with van der Waals surface area (Å²) in [4.78, 5) is 46.8. The fourth-order valence-electron chi connectivity index (χ4n) is 8.40. The zero-order chi connectivity index (χ0) is 34.0. The van der Waals surface area contributed by atoms with Crippen LogP contribution in [0.5, 0.6) is 5.75 Å². The molecule has 0 aromatic heterocycles. The first-order chi connectivity index (χ1) is 23.0. The van der Waals surface area contributed by atoms with Crippen molar-refractivity contribution in [1.29, 1.82) is 0 Å². The molecule has 4 aliphatic rings. The highest BCUT2D eigenvalue weighted by atomic mass is 28.4. The fourth-order valence-corrected chi connectivity index (χ4v) is 10.9. The van der Waals surface area contributed by atoms with E-state index in [4.69, 9.17) is 9.47 Å². The van der Waals surface area contributed by atoms with Gasteiger partial charge in [0.1, 0.15) is 5.75 Å². The summed E-state index contributed by atoms with van der Waals surface area (Å²) in [6, 6.07) is 20.1. The third-order valence-electron chi connectivity index (χ3n) is 10.5. The van der Waals surface area contributed by atoms with Gasteiger partial charge in [0.15, 0.2) is 12.2 Å². The minimum absolute atomic E-state index is 0.130. The third kappa shape index (κ3) is 4.98. The number of hydrogen-bond donors (Lipinski definition) is 1. The van der Waals surface area contributed by atoms with Crippen LogP contribution in [0.15, 0.2) is 79.4 Å². The number of anilines is 3. The maximum absolute atomic E-state index is 16.5. The minimum atomic E-state index is -3.56. The Hall–Kier alpha value is -4.32. The highest BCUT2D eigenvalue weighted by Crippen LogP contribution is 2.61. The first-order valence-corrected chi connectivity index (χ1v) is 19.4. The summed E-state index contributed by atoms with van der Waals surface area (Å²) in [6.07, 6.45) is 1.14. The predicted octanol–water partition coefficient (Wildman–Crippen LogP) is 5.39. The number of aliphatic hydroxyl groups is 1. The van der Waals surface area contributed by atoms with Crippen LogP contribution in [0.2, 0.25) is 18.6 Å². The molecule has 3 amide bonds. The van der Waals surface area contributed by atoms with Crippen molar-refractivity contribution in [2.24, 2.45) is 5.92 Å². The highest BCUT2D eigenvalue weighted by molar-refractivity contribution is 6.72. The SMILES string of the molecule is C=CCN1C(=O)[C@@]2(O[C@@H](CC(=O)N3Cc4ccccc4C[C@H]3CO)[C@H]([Si](C)(C)F)[C@H]2C)c2cc(N3C(=O)COc4ccccc43)ccc21. The van der Waals surface area contributed by atoms with E-state index in [0.29, 0.717) is 41.3 Å². The second-order valence-corrected chi connectivity index (χ2v) is 17.5. The Morgan fingerprint density at radius 1 is 1.08 bits per heavy atom. The van der Waals surface area contributed by atoms with Gasteiger partial charge in [-0.25, -0.2) is 0 Å². The van der Waals surface area contributed by atoms with Crippen LogP contribution in [0.25, 0.3) is 0 Å². The summed E-state index contributed by atoms with van der Waals surface area (Å²) in [6.45, 7) is 9.10. The average molecular weight is 670 g/mol. The molecule has 0 radical (unpaired) electrons. The molecule has 3 aromatic carbocycles. The molecule has 0 bridgehead atoms. The molecule has 1 spiro atoms. The number of halogens is 1. The molecule has 5 atom stereocenters. The minimum Gasteiger partial charge on any atom is -0.482 e. The van der Waals surface area contributed by atoms with Gasteiger partial charge < -0.3 is 28.5 Å². The van der Waals surface area contributed by atoms with Crippen LogP contribution in [0.4, 0.5) is 21.2 Å². The molecular weight excluding hydrogens is 630 g/mol. The van der Waals surface area contributed by atoms with Crippen molar-refractivity contribution >= 4 is 43.2 Å². The summed E-state index contributed by atoms with van der Waals surface area (Å²) < 4.78 is 29.0. The van der Waals surface area contributed by atoms with Gasteiger partial charge in [-0.15, -0.1) is 6.58 Å². The lowest BCUT2D eigenvalue weighted by atomic mass is 9.82. The maximum atomic E-state index is 16.5. The normalized spacial score (nSPS) is 26.3. The van der Waals surface area contributed by atoms with Gasteiger partial charge in [-0.2, -0.15) is 0 Å². The van der Waals surface area contributed by atoms with Gasteiger partial charge in [-0.1, -0.05) is 49.4 Å². The second-order valence-electron chi connectivity index (χ2n) is 13.7. The molecule has 0 saturated carbocycles. The van der Waals surface area contributed by atoms with Gasteiger partial charge in [0, 0.05) is 35.8 Å². The molecule has 11 heteroatoms. The molecule has 0 aliphatic carbocycles. The summed E-state index contributed by atoms with van der Waals surface area (Å²) >= 11 is 0. The molecule has 4 heterocycles. The summed E-state index contributed by atoms with van der Waals surface area (Å²) in [5.74, 6) is -0.919. The predicted molar refractivity (Wildman–Crippen MR) is 182 cm³/mol. The van der Waals surface area contributed by atoms with Crippen molar-refractivity contribution in [3.8, 4) is 5.75 Å². The van der Waals surface area contributed by atoms with Gasteiger partial charge >= 0.3 is 0 Å². The van der Waals surface area contributed by atoms with E-state index >= 15 is 4.11 Å². The van der Waals surface area contributed by atoms with Gasteiger partial charge in [-0.3, -0.25) is 19.3 Å². The molecule has 1 fully saturated rings. The van der Waals surface area contributed by atoms with Gasteiger partial charge in [0.2, 0.25) is 14.3 Å². The standard InChI is InChI=1S/C37H40FN3O6Si/c1-5-16-39-29-15-14-26(41-30-12-8-9-13-31(30)46-22-34(41)44)18-28(29)37(36(39)45)23(2)35(48(3,4)38)32(47-37)19-33(43)40-20-25-11-7-6-10-24(25)17-27(40)21-42/h5-15,18,23,27,32,35,42H,1,16-17,19-22H2,2-4H3/t23-,27+,32+,35-,37+/m1/s1. The largest absolute Gasteiger partial charge is 0.482 e. The molecule has 7 rings (SSSR count). The molecule has 0 unspecified atom stereocenters. The fraction of sp³-hybridized carbons (Fsp3) is 0.378. The number of fused-ring (bicyclic) bond motifs is 4. The van der Waals surface area contributed by atoms with E-state index in [0.717, 1.165) is 11.1 Å². The van der Waals surface area contributed by atoms with Crippen molar-refractivity contribution in [3.63, 3.8) is 0 Å². The molecule has 1 N–H and O–H groups in total. The van der Waals surface area contributed by atoms with Gasteiger partial charge in [-0.05, 0) is 61.0 Å². The quantitative estimate of drug-likeness (QED) is 0.206. The van der Waals surface area contributed by atoms with Crippen molar-refractivity contribution in [2.45, 2.75) is 62.7 Å². The lowest BCUT2D eigenvalue weighted by molar-refractivity contribution is -0.150. The van der Waals surface area contributed by atoms with Crippen molar-refractivity contribution in [2.75, 3.05) is 29.6 Å². The van der Waals surface area contributed by atoms with Gasteiger partial charge in [0.25, 0.3) is 11.8 Å². The van der Waals surface area contributed by atoms with E-state index in [1.54, 1.807) is 64.2 Å². The Bertz CT molecular complexity index is 1810. The molecule has 250 valence electrons. The lowest BCUT2D eigenvalue weighted by Gasteiger charge is -2.37. The Morgan fingerprint density at radius 3 is 2.54 bits per heavy atom. The van der Waals surface area contributed by atoms with E-state index in [2.05, 4.69) is 6.58 Å². The van der Waals surface area contributed by atoms with Crippen LogP contribution < -0.4 is 14.5 Å². The Morgan fingerprint density at radius 2 is 1.81 bits per heavy atom. The van der Waals surface area contributed by atoms with Crippen LogP contribution in [-0.4, -0.2) is 68.0 Å². The van der Waals surface area contributed by atoms with E-state index < -0.39 is 37.6 Å². The number of hydrogen-bond acceptors (Lipinski definition) is 6. The second kappa shape index (κ2) is 12.0. The molecular formula is C37H40FN3O6Si. The first-order valence-electron chi connectivity index (χ1n) is 16.5. The number of amides is 3. The number of nitrogens with zero attached hydrogens (tertiary/aromatic N) is 3. The van der Waals surface area contributed by atoms with E-state index in [9.17, 15) is 19.5 Å². The highest BCUT2D eigenvalue weighted by Gasteiger charge is 2.67. The first kappa shape index (κ1) is 32.2.